The highest BCUT2D eigenvalue weighted by molar-refractivity contribution is 9.26. The standard InChI is InChI=1S/C24H34O6S4/c1-11-23(17(25)13(3)4,18(26)14(5)6)21(29)31-33-34-32-22(30)24(12-2,19(27)15(7)8)20(28)16(9)10/h21-22,29-30H,3,5,7,9,11-12H2,1-2,4,6,8,10H3. The first-order valence-electron chi connectivity index (χ1n) is 10.4. The van der Waals surface area contributed by atoms with Gasteiger partial charge in [-0.2, -0.15) is 0 Å². The number of rotatable bonds is 17. The van der Waals surface area contributed by atoms with Gasteiger partial charge < -0.3 is 10.2 Å². The second kappa shape index (κ2) is 13.9. The molecule has 0 rings (SSSR count). The summed E-state index contributed by atoms with van der Waals surface area (Å²) in [5, 5.41) is 21.8. The highest BCUT2D eigenvalue weighted by Crippen LogP contribution is 2.53. The first-order chi connectivity index (χ1) is 15.6. The molecule has 0 aromatic carbocycles. The molecule has 0 amide bonds. The molecule has 0 saturated heterocycles. The molecule has 190 valence electrons. The van der Waals surface area contributed by atoms with Gasteiger partial charge in [0.05, 0.1) is 0 Å². The van der Waals surface area contributed by atoms with E-state index in [1.54, 1.807) is 13.8 Å². The molecular weight excluding hydrogens is 513 g/mol. The van der Waals surface area contributed by atoms with Crippen LogP contribution in [-0.4, -0.2) is 44.2 Å². The van der Waals surface area contributed by atoms with Gasteiger partial charge in [-0.15, -0.1) is 0 Å². The van der Waals surface area contributed by atoms with Crippen molar-refractivity contribution in [2.75, 3.05) is 0 Å². The van der Waals surface area contributed by atoms with Crippen molar-refractivity contribution in [1.29, 1.82) is 0 Å². The van der Waals surface area contributed by atoms with Crippen LogP contribution < -0.4 is 0 Å². The Morgan fingerprint density at radius 2 is 0.824 bits per heavy atom. The molecule has 0 spiro atoms. The topological polar surface area (TPSA) is 109 Å². The molecule has 0 radical (unpaired) electrons. The monoisotopic (exact) mass is 546 g/mol. The summed E-state index contributed by atoms with van der Waals surface area (Å²) in [5.41, 5.74) is -5.76. The van der Waals surface area contributed by atoms with Gasteiger partial charge in [0.15, 0.2) is 23.1 Å². The molecule has 10 heteroatoms. The maximum absolute atomic E-state index is 12.9. The third-order valence-electron chi connectivity index (χ3n) is 5.42. The molecule has 0 heterocycles. The van der Waals surface area contributed by atoms with E-state index in [1.165, 1.54) is 27.7 Å². The van der Waals surface area contributed by atoms with Crippen LogP contribution >= 0.6 is 41.2 Å². The lowest BCUT2D eigenvalue weighted by molar-refractivity contribution is -0.142. The zero-order valence-corrected chi connectivity index (χ0v) is 23.8. The molecule has 2 unspecified atom stereocenters. The minimum atomic E-state index is -1.74. The van der Waals surface area contributed by atoms with Gasteiger partial charge in [0.2, 0.25) is 0 Å². The van der Waals surface area contributed by atoms with Crippen molar-refractivity contribution in [3.8, 4) is 0 Å². The molecule has 2 N–H and O–H groups in total. The first kappa shape index (κ1) is 33.0. The highest BCUT2D eigenvalue weighted by atomic mass is 33.7. The SMILES string of the molecule is C=C(C)C(=O)C(CC)(C(=O)C(=C)C)C(O)SSSSC(O)C(CC)(C(=O)C(=C)C)C(=O)C(=C)C. The van der Waals surface area contributed by atoms with Crippen molar-refractivity contribution in [3.63, 3.8) is 0 Å². The van der Waals surface area contributed by atoms with E-state index in [4.69, 9.17) is 0 Å². The second-order valence-electron chi connectivity index (χ2n) is 8.12. The summed E-state index contributed by atoms with van der Waals surface area (Å²) in [6.07, 6.45) is 0.0808. The van der Waals surface area contributed by atoms with Crippen molar-refractivity contribution < 1.29 is 29.4 Å². The number of hydrogen-bond acceptors (Lipinski definition) is 10. The summed E-state index contributed by atoms with van der Waals surface area (Å²) in [6.45, 7) is 23.7. The van der Waals surface area contributed by atoms with Gasteiger partial charge in [0, 0.05) is 0 Å². The van der Waals surface area contributed by atoms with Crippen LogP contribution in [0.25, 0.3) is 0 Å². The molecule has 0 aliphatic carbocycles. The predicted octanol–water partition coefficient (Wildman–Crippen LogP) is 5.67. The number of aliphatic hydroxyl groups excluding tert-OH is 2. The maximum Gasteiger partial charge on any atom is 0.175 e. The normalized spacial score (nSPS) is 13.5. The van der Waals surface area contributed by atoms with Crippen LogP contribution in [0.5, 0.6) is 0 Å². The third-order valence-corrected chi connectivity index (χ3v) is 11.9. The lowest BCUT2D eigenvalue weighted by Gasteiger charge is -2.35. The van der Waals surface area contributed by atoms with Crippen LogP contribution in [0.3, 0.4) is 0 Å². The predicted molar refractivity (Wildman–Crippen MR) is 147 cm³/mol. The maximum atomic E-state index is 12.9. The lowest BCUT2D eigenvalue weighted by Crippen LogP contribution is -2.48. The second-order valence-corrected chi connectivity index (χ2v) is 14.1. The number of hydrogen-bond donors (Lipinski definition) is 2. The Hall–Kier alpha value is -1.04. The Bertz CT molecular complexity index is 768. The van der Waals surface area contributed by atoms with Gasteiger partial charge in [0.1, 0.15) is 21.7 Å². The first-order valence-corrected chi connectivity index (χ1v) is 15.4. The number of carbonyl (C=O) groups is 4. The Kier molecular flexibility index (Phi) is 13.5. The van der Waals surface area contributed by atoms with Crippen molar-refractivity contribution in [2.24, 2.45) is 10.8 Å². The molecule has 6 nitrogen and oxygen atoms in total. The Morgan fingerprint density at radius 1 is 0.618 bits per heavy atom. The van der Waals surface area contributed by atoms with Gasteiger partial charge >= 0.3 is 0 Å². The molecule has 0 bridgehead atoms. The van der Waals surface area contributed by atoms with E-state index >= 15 is 0 Å². The van der Waals surface area contributed by atoms with E-state index in [0.717, 1.165) is 41.2 Å². The number of ketones is 4. The zero-order chi connectivity index (χ0) is 27.0. The molecule has 0 saturated carbocycles. The van der Waals surface area contributed by atoms with Gasteiger partial charge in [-0.05, 0) is 104 Å². The van der Waals surface area contributed by atoms with Gasteiger partial charge in [0.25, 0.3) is 0 Å². The minimum absolute atomic E-state index is 0.0404. The fourth-order valence-corrected chi connectivity index (χ4v) is 10.0. The average molecular weight is 547 g/mol. The lowest BCUT2D eigenvalue weighted by atomic mass is 9.73. The van der Waals surface area contributed by atoms with E-state index in [9.17, 15) is 29.4 Å². The molecule has 0 fully saturated rings. The molecule has 0 aliphatic rings. The van der Waals surface area contributed by atoms with E-state index in [-0.39, 0.29) is 35.1 Å². The number of Topliss-reactive ketones (excluding diaryl/α,β-unsaturated/α-hetero) is 4. The van der Waals surface area contributed by atoms with Crippen molar-refractivity contribution in [3.05, 3.63) is 48.6 Å². The summed E-state index contributed by atoms with van der Waals surface area (Å²) in [4.78, 5) is 51.5. The third kappa shape index (κ3) is 6.79. The molecule has 2 atom stereocenters. The Morgan fingerprint density at radius 3 is 0.971 bits per heavy atom. The van der Waals surface area contributed by atoms with Crippen LogP contribution in [0.4, 0.5) is 0 Å². The smallest absolute Gasteiger partial charge is 0.175 e. The van der Waals surface area contributed by atoms with Gasteiger partial charge in [-0.25, -0.2) is 0 Å². The van der Waals surface area contributed by atoms with Crippen LogP contribution in [0.1, 0.15) is 54.4 Å². The summed E-state index contributed by atoms with van der Waals surface area (Å²) >= 11 is 0. The summed E-state index contributed by atoms with van der Waals surface area (Å²) in [5.74, 6) is -2.26. The van der Waals surface area contributed by atoms with E-state index in [0.29, 0.717) is 0 Å². The molecule has 0 aromatic rings. The summed E-state index contributed by atoms with van der Waals surface area (Å²) in [6, 6.07) is 0. The van der Waals surface area contributed by atoms with Crippen LogP contribution in [0.15, 0.2) is 48.6 Å². The number of allylic oxidation sites excluding steroid dienone is 4. The van der Waals surface area contributed by atoms with Crippen molar-refractivity contribution >= 4 is 64.4 Å². The largest absolute Gasteiger partial charge is 0.380 e. The van der Waals surface area contributed by atoms with Crippen molar-refractivity contribution in [2.45, 2.75) is 65.3 Å². The van der Waals surface area contributed by atoms with Crippen LogP contribution in [0, 0.1) is 10.8 Å². The molecular formula is C24H34O6S4. The van der Waals surface area contributed by atoms with Crippen molar-refractivity contribution in [1.82, 2.24) is 0 Å². The molecule has 0 aliphatic heterocycles. The fraction of sp³-hybridized carbons (Fsp3) is 0.500. The molecule has 0 aromatic heterocycles. The van der Waals surface area contributed by atoms with Gasteiger partial charge in [-0.1, -0.05) is 40.2 Å². The minimum Gasteiger partial charge on any atom is -0.380 e. The fourth-order valence-electron chi connectivity index (χ4n) is 3.44. The summed E-state index contributed by atoms with van der Waals surface area (Å²) < 4.78 is 0. The van der Waals surface area contributed by atoms with Crippen LogP contribution in [-0.2, 0) is 19.2 Å². The average Bonchev–Trinajstić information content (AvgIpc) is 2.77. The summed E-state index contributed by atoms with van der Waals surface area (Å²) in [7, 11) is 3.75. The number of carbonyl (C=O) groups excluding carboxylic acids is 4. The Labute approximate surface area is 217 Å². The van der Waals surface area contributed by atoms with E-state index < -0.39 is 44.8 Å². The molecule has 34 heavy (non-hydrogen) atoms. The Balaban J connectivity index is 5.72. The van der Waals surface area contributed by atoms with E-state index in [2.05, 4.69) is 26.3 Å². The highest BCUT2D eigenvalue weighted by Gasteiger charge is 2.52. The van der Waals surface area contributed by atoms with Crippen LogP contribution in [0.2, 0.25) is 0 Å². The van der Waals surface area contributed by atoms with E-state index in [1.807, 2.05) is 0 Å². The zero-order valence-electron chi connectivity index (χ0n) is 20.6. The van der Waals surface area contributed by atoms with Gasteiger partial charge in [-0.3, -0.25) is 19.2 Å². The number of aliphatic hydroxyl groups is 2. The quantitative estimate of drug-likeness (QED) is 0.0778.